The first-order valence-electron chi connectivity index (χ1n) is 6.58. The monoisotopic (exact) mass is 288 g/mol. The third kappa shape index (κ3) is 4.33. The van der Waals surface area contributed by atoms with E-state index in [0.29, 0.717) is 11.1 Å². The number of aliphatic hydroxyl groups excluding tert-OH is 1. The van der Waals surface area contributed by atoms with Crippen molar-refractivity contribution in [3.8, 4) is 5.92 Å². The minimum atomic E-state index is -1.27. The Balaban J connectivity index is 3.09. The number of carboxylic acids is 1. The summed E-state index contributed by atoms with van der Waals surface area (Å²) in [7, 11) is 0. The predicted octanol–water partition coefficient (Wildman–Crippen LogP) is 1.17. The van der Waals surface area contributed by atoms with Gasteiger partial charge in [-0.3, -0.25) is 4.79 Å². The SMILES string of the molecule is [C]#Cc1ccc(C(=O)N(CC(C)C)C(CO)C(=O)O)cc1. The maximum atomic E-state index is 12.5. The van der Waals surface area contributed by atoms with E-state index in [0.717, 1.165) is 4.90 Å². The number of aliphatic carboxylic acids is 1. The molecule has 5 heteroatoms. The van der Waals surface area contributed by atoms with Gasteiger partial charge in [0.1, 0.15) is 0 Å². The third-order valence-electron chi connectivity index (χ3n) is 2.93. The van der Waals surface area contributed by atoms with Crippen molar-refractivity contribution < 1.29 is 19.8 Å². The van der Waals surface area contributed by atoms with E-state index < -0.39 is 24.5 Å². The molecule has 21 heavy (non-hydrogen) atoms. The number of carbonyl (C=O) groups excluding carboxylic acids is 1. The van der Waals surface area contributed by atoms with Gasteiger partial charge < -0.3 is 15.1 Å². The Hall–Kier alpha value is -2.32. The van der Waals surface area contributed by atoms with Crippen molar-refractivity contribution >= 4 is 11.9 Å². The van der Waals surface area contributed by atoms with Gasteiger partial charge in [0.2, 0.25) is 0 Å². The summed E-state index contributed by atoms with van der Waals surface area (Å²) in [4.78, 5) is 24.8. The summed E-state index contributed by atoms with van der Waals surface area (Å²) in [5.41, 5.74) is 0.841. The molecule has 1 rings (SSSR count). The van der Waals surface area contributed by atoms with E-state index >= 15 is 0 Å². The Kier molecular flexibility index (Phi) is 5.94. The second-order valence-electron chi connectivity index (χ2n) is 5.09. The van der Waals surface area contributed by atoms with E-state index in [4.69, 9.17) is 11.5 Å². The topological polar surface area (TPSA) is 77.8 Å². The quantitative estimate of drug-likeness (QED) is 0.770. The van der Waals surface area contributed by atoms with Crippen molar-refractivity contribution in [3.63, 3.8) is 0 Å². The number of carbonyl (C=O) groups is 2. The molecule has 0 fully saturated rings. The fourth-order valence-electron chi connectivity index (χ4n) is 1.92. The van der Waals surface area contributed by atoms with Gasteiger partial charge in [0.15, 0.2) is 6.04 Å². The molecule has 0 saturated heterocycles. The average molecular weight is 288 g/mol. The fourth-order valence-corrected chi connectivity index (χ4v) is 1.92. The molecular weight excluding hydrogens is 270 g/mol. The molecule has 0 aliphatic heterocycles. The predicted molar refractivity (Wildman–Crippen MR) is 77.1 cm³/mol. The Morgan fingerprint density at radius 2 is 1.86 bits per heavy atom. The van der Waals surface area contributed by atoms with E-state index in [1.54, 1.807) is 12.1 Å². The van der Waals surface area contributed by atoms with Gasteiger partial charge in [-0.2, -0.15) is 0 Å². The average Bonchev–Trinajstić information content (AvgIpc) is 2.45. The first-order chi connectivity index (χ1) is 9.90. The smallest absolute Gasteiger partial charge is 0.328 e. The van der Waals surface area contributed by atoms with Gasteiger partial charge in [-0.25, -0.2) is 4.79 Å². The third-order valence-corrected chi connectivity index (χ3v) is 2.93. The number of hydrogen-bond donors (Lipinski definition) is 2. The summed E-state index contributed by atoms with van der Waals surface area (Å²) in [6, 6.07) is 4.88. The Labute approximate surface area is 124 Å². The van der Waals surface area contributed by atoms with E-state index in [-0.39, 0.29) is 12.5 Å². The number of hydrogen-bond acceptors (Lipinski definition) is 3. The number of rotatable bonds is 6. The summed E-state index contributed by atoms with van der Waals surface area (Å²) >= 11 is 0. The highest BCUT2D eigenvalue weighted by molar-refractivity contribution is 5.96. The van der Waals surface area contributed by atoms with Gasteiger partial charge in [0.05, 0.1) is 6.61 Å². The van der Waals surface area contributed by atoms with Crippen molar-refractivity contribution in [3.05, 3.63) is 41.8 Å². The minimum absolute atomic E-state index is 0.0662. The number of aliphatic hydroxyl groups is 1. The van der Waals surface area contributed by atoms with Gasteiger partial charge in [-0.05, 0) is 36.6 Å². The first kappa shape index (κ1) is 16.7. The van der Waals surface area contributed by atoms with Gasteiger partial charge in [0.25, 0.3) is 5.91 Å². The molecule has 2 N–H and O–H groups in total. The molecule has 1 aromatic carbocycles. The van der Waals surface area contributed by atoms with Gasteiger partial charge in [-0.15, -0.1) is 0 Å². The van der Waals surface area contributed by atoms with E-state index in [1.165, 1.54) is 12.1 Å². The second-order valence-corrected chi connectivity index (χ2v) is 5.09. The molecule has 0 saturated carbocycles. The molecule has 1 unspecified atom stereocenters. The lowest BCUT2D eigenvalue weighted by Crippen LogP contribution is -2.48. The van der Waals surface area contributed by atoms with Crippen LogP contribution < -0.4 is 0 Å². The van der Waals surface area contributed by atoms with Crippen LogP contribution in [0.1, 0.15) is 29.8 Å². The Morgan fingerprint density at radius 3 is 2.24 bits per heavy atom. The standard InChI is InChI=1S/C16H18NO4/c1-4-12-5-7-13(8-6-12)15(19)17(9-11(2)3)14(10-18)16(20)21/h5-8,11,14,18H,9-10H2,2-3H3,(H,20,21). The maximum absolute atomic E-state index is 12.5. The van der Waals surface area contributed by atoms with E-state index in [9.17, 15) is 14.7 Å². The van der Waals surface area contributed by atoms with Crippen LogP contribution in [0.5, 0.6) is 0 Å². The molecule has 111 valence electrons. The zero-order chi connectivity index (χ0) is 16.0. The van der Waals surface area contributed by atoms with E-state index in [1.807, 2.05) is 13.8 Å². The van der Waals surface area contributed by atoms with Crippen LogP contribution in [0.25, 0.3) is 0 Å². The Bertz CT molecular complexity index is 542. The summed E-state index contributed by atoms with van der Waals surface area (Å²) < 4.78 is 0. The molecule has 0 aliphatic carbocycles. The van der Waals surface area contributed by atoms with Crippen LogP contribution in [0.3, 0.4) is 0 Å². The largest absolute Gasteiger partial charge is 0.480 e. The van der Waals surface area contributed by atoms with Crippen molar-refractivity contribution in [2.75, 3.05) is 13.2 Å². The van der Waals surface area contributed by atoms with Crippen LogP contribution in [-0.2, 0) is 4.79 Å². The molecule has 0 spiro atoms. The molecule has 0 bridgehead atoms. The van der Waals surface area contributed by atoms with Gasteiger partial charge in [-0.1, -0.05) is 19.8 Å². The second kappa shape index (κ2) is 7.46. The first-order valence-corrected chi connectivity index (χ1v) is 6.58. The minimum Gasteiger partial charge on any atom is -0.480 e. The molecule has 1 amide bonds. The highest BCUT2D eigenvalue weighted by Crippen LogP contribution is 2.13. The lowest BCUT2D eigenvalue weighted by Gasteiger charge is -2.29. The van der Waals surface area contributed by atoms with Crippen LogP contribution in [0.15, 0.2) is 24.3 Å². The van der Waals surface area contributed by atoms with Crippen molar-refractivity contribution in [2.24, 2.45) is 5.92 Å². The van der Waals surface area contributed by atoms with Crippen molar-refractivity contribution in [1.82, 2.24) is 4.90 Å². The molecule has 1 aromatic rings. The van der Waals surface area contributed by atoms with Crippen LogP contribution >= 0.6 is 0 Å². The normalized spacial score (nSPS) is 11.8. The van der Waals surface area contributed by atoms with Gasteiger partial charge >= 0.3 is 5.97 Å². The highest BCUT2D eigenvalue weighted by Gasteiger charge is 2.30. The molecule has 0 heterocycles. The lowest BCUT2D eigenvalue weighted by atomic mass is 10.1. The Morgan fingerprint density at radius 1 is 1.29 bits per heavy atom. The highest BCUT2D eigenvalue weighted by atomic mass is 16.4. The summed E-state index contributed by atoms with van der Waals surface area (Å²) in [6.45, 7) is 3.32. The molecule has 1 radical (unpaired) electrons. The van der Waals surface area contributed by atoms with Crippen LogP contribution in [-0.4, -0.2) is 46.2 Å². The molecule has 0 aromatic heterocycles. The van der Waals surface area contributed by atoms with Crippen molar-refractivity contribution in [2.45, 2.75) is 19.9 Å². The number of carboxylic acid groups (broad SMARTS) is 1. The molecule has 5 nitrogen and oxygen atoms in total. The maximum Gasteiger partial charge on any atom is 0.328 e. The summed E-state index contributed by atoms with van der Waals surface area (Å²) in [6.07, 6.45) is 7.00. The van der Waals surface area contributed by atoms with Crippen molar-refractivity contribution in [1.29, 1.82) is 0 Å². The van der Waals surface area contributed by atoms with E-state index in [2.05, 4.69) is 5.92 Å². The molecule has 0 aliphatic rings. The number of amides is 1. The summed E-state index contributed by atoms with van der Waals surface area (Å²) in [5.74, 6) is 0.567. The van der Waals surface area contributed by atoms with Crippen LogP contribution in [0, 0.1) is 18.3 Å². The zero-order valence-electron chi connectivity index (χ0n) is 12.0. The fraction of sp³-hybridized carbons (Fsp3) is 0.375. The van der Waals surface area contributed by atoms with Crippen LogP contribution in [0.4, 0.5) is 0 Å². The number of nitrogens with zero attached hydrogens (tertiary/aromatic N) is 1. The molecular formula is C16H18NO4. The molecule has 1 atom stereocenters. The van der Waals surface area contributed by atoms with Crippen LogP contribution in [0.2, 0.25) is 0 Å². The lowest BCUT2D eigenvalue weighted by molar-refractivity contribution is -0.143. The summed E-state index contributed by atoms with van der Waals surface area (Å²) in [5, 5.41) is 18.4. The number of benzene rings is 1. The van der Waals surface area contributed by atoms with Gasteiger partial charge in [0, 0.05) is 17.7 Å². The zero-order valence-corrected chi connectivity index (χ0v) is 12.0.